The highest BCUT2D eigenvalue weighted by Crippen LogP contribution is 3.02. The van der Waals surface area contributed by atoms with Crippen LogP contribution in [0.25, 0.3) is 0 Å². The van der Waals surface area contributed by atoms with E-state index in [0.717, 1.165) is 25.0 Å². The molecule has 1 aromatic rings. The second kappa shape index (κ2) is 3.70. The van der Waals surface area contributed by atoms with Gasteiger partial charge in [0.15, 0.2) is 0 Å². The zero-order chi connectivity index (χ0) is 15.5. The van der Waals surface area contributed by atoms with Crippen LogP contribution in [0.1, 0.15) is 19.8 Å². The molecule has 0 aromatic heterocycles. The van der Waals surface area contributed by atoms with E-state index in [9.17, 15) is 19.4 Å². The van der Waals surface area contributed by atoms with Gasteiger partial charge >= 0.3 is 10.2 Å². The molecule has 1 saturated carbocycles. The Bertz CT molecular complexity index is 606. The minimum absolute atomic E-state index is 0.321. The SMILES string of the molecule is CC1=NCN(C2CC2)N1c1ccc(S(F)(F)(F)(F)F)cc1. The molecule has 0 N–H and O–H groups in total. The van der Waals surface area contributed by atoms with Crippen molar-refractivity contribution in [3.05, 3.63) is 24.3 Å². The van der Waals surface area contributed by atoms with E-state index >= 15 is 0 Å². The van der Waals surface area contributed by atoms with E-state index in [0.29, 0.717) is 36.4 Å². The second-order valence-corrected chi connectivity index (χ2v) is 7.70. The minimum Gasteiger partial charge on any atom is -0.259 e. The Morgan fingerprint density at radius 2 is 1.62 bits per heavy atom. The van der Waals surface area contributed by atoms with E-state index in [-0.39, 0.29) is 0 Å². The molecule has 118 valence electrons. The van der Waals surface area contributed by atoms with Crippen LogP contribution in [-0.4, -0.2) is 23.6 Å². The Hall–Kier alpha value is -1.35. The van der Waals surface area contributed by atoms with E-state index in [1.165, 1.54) is 0 Å². The molecule has 21 heavy (non-hydrogen) atoms. The summed E-state index contributed by atoms with van der Waals surface area (Å²) in [6.07, 6.45) is 2.01. The third-order valence-electron chi connectivity index (χ3n) is 3.50. The van der Waals surface area contributed by atoms with Crippen LogP contribution in [0.5, 0.6) is 0 Å². The number of rotatable bonds is 3. The van der Waals surface area contributed by atoms with Gasteiger partial charge in [-0.2, -0.15) is 5.01 Å². The van der Waals surface area contributed by atoms with Gasteiger partial charge in [-0.1, -0.05) is 19.4 Å². The summed E-state index contributed by atoms with van der Waals surface area (Å²) in [7, 11) is -9.61. The lowest BCUT2D eigenvalue weighted by molar-refractivity contribution is 0.304. The van der Waals surface area contributed by atoms with Crippen LogP contribution in [0.2, 0.25) is 0 Å². The first-order chi connectivity index (χ1) is 9.45. The predicted octanol–water partition coefficient (Wildman–Crippen LogP) is 4.92. The van der Waals surface area contributed by atoms with E-state index < -0.39 is 15.1 Å². The zero-order valence-corrected chi connectivity index (χ0v) is 12.0. The lowest BCUT2D eigenvalue weighted by atomic mass is 10.3. The molecular weight excluding hydrogens is 313 g/mol. The lowest BCUT2D eigenvalue weighted by Gasteiger charge is -2.40. The topological polar surface area (TPSA) is 18.8 Å². The van der Waals surface area contributed by atoms with E-state index in [1.807, 2.05) is 5.01 Å². The minimum atomic E-state index is -9.61. The van der Waals surface area contributed by atoms with Crippen LogP contribution in [0.3, 0.4) is 0 Å². The Morgan fingerprint density at radius 3 is 2.10 bits per heavy atom. The molecule has 3 nitrogen and oxygen atoms in total. The smallest absolute Gasteiger partial charge is 0.259 e. The summed E-state index contributed by atoms with van der Waals surface area (Å²) in [5.74, 6) is 0.641. The number of amidine groups is 1. The molecule has 0 saturated heterocycles. The summed E-state index contributed by atoms with van der Waals surface area (Å²) in [4.78, 5) is 2.37. The molecule has 0 atom stereocenters. The molecule has 0 bridgehead atoms. The summed E-state index contributed by atoms with van der Waals surface area (Å²) in [5.41, 5.74) is 0.409. The van der Waals surface area contributed by atoms with Gasteiger partial charge in [0.25, 0.3) is 0 Å². The summed E-state index contributed by atoms with van der Waals surface area (Å²) in [6, 6.07) is 3.32. The molecule has 1 aromatic carbocycles. The van der Waals surface area contributed by atoms with Crippen molar-refractivity contribution in [2.24, 2.45) is 4.99 Å². The van der Waals surface area contributed by atoms with Crippen molar-refractivity contribution in [2.45, 2.75) is 30.7 Å². The quantitative estimate of drug-likeness (QED) is 0.734. The van der Waals surface area contributed by atoms with Crippen molar-refractivity contribution < 1.29 is 19.4 Å². The number of aliphatic imine (C=N–C) groups is 1. The van der Waals surface area contributed by atoms with Crippen LogP contribution < -0.4 is 5.01 Å². The molecule has 1 aliphatic carbocycles. The van der Waals surface area contributed by atoms with E-state index in [2.05, 4.69) is 4.99 Å². The first-order valence-electron chi connectivity index (χ1n) is 6.37. The molecule has 1 heterocycles. The molecule has 0 amide bonds. The van der Waals surface area contributed by atoms with E-state index in [1.54, 1.807) is 11.9 Å². The Balaban J connectivity index is 1.93. The number of benzene rings is 1. The van der Waals surface area contributed by atoms with Crippen molar-refractivity contribution in [3.63, 3.8) is 0 Å². The standard InChI is InChI=1S/C12H14F5N3S/c1-9-18-8-19(10-2-3-10)20(9)11-4-6-12(7-5-11)21(13,14,15,16)17/h4-7,10H,2-3,8H2,1H3. The number of halogens is 5. The fourth-order valence-corrected chi connectivity index (χ4v) is 2.97. The third-order valence-corrected chi connectivity index (χ3v) is 4.67. The molecule has 0 unspecified atom stereocenters. The number of hydrazine groups is 1. The van der Waals surface area contributed by atoms with Crippen LogP contribution >= 0.6 is 10.2 Å². The molecule has 9 heteroatoms. The average Bonchev–Trinajstić information content (AvgIpc) is 3.10. The van der Waals surface area contributed by atoms with Gasteiger partial charge in [0.05, 0.1) is 5.69 Å². The maximum absolute atomic E-state index is 12.7. The monoisotopic (exact) mass is 327 g/mol. The van der Waals surface area contributed by atoms with Crippen molar-refractivity contribution in [1.29, 1.82) is 0 Å². The van der Waals surface area contributed by atoms with Crippen LogP contribution in [-0.2, 0) is 0 Å². The van der Waals surface area contributed by atoms with Gasteiger partial charge in [0, 0.05) is 6.04 Å². The molecule has 1 fully saturated rings. The normalized spacial score (nSPS) is 23.7. The summed E-state index contributed by atoms with van der Waals surface area (Å²) in [5, 5.41) is 3.62. The number of hydrogen-bond donors (Lipinski definition) is 0. The fraction of sp³-hybridized carbons (Fsp3) is 0.417. The van der Waals surface area contributed by atoms with Crippen molar-refractivity contribution in [1.82, 2.24) is 5.01 Å². The average molecular weight is 327 g/mol. The van der Waals surface area contributed by atoms with Crippen molar-refractivity contribution in [3.8, 4) is 0 Å². The zero-order valence-electron chi connectivity index (χ0n) is 11.1. The summed E-state index contributed by atoms with van der Waals surface area (Å²) < 4.78 is 63.5. The van der Waals surface area contributed by atoms with Crippen molar-refractivity contribution >= 4 is 21.7 Å². The second-order valence-electron chi connectivity index (χ2n) is 5.29. The third kappa shape index (κ3) is 2.84. The van der Waals surface area contributed by atoms with Crippen LogP contribution in [0.15, 0.2) is 34.2 Å². The molecule has 3 rings (SSSR count). The van der Waals surface area contributed by atoms with Gasteiger partial charge in [0.2, 0.25) is 0 Å². The lowest BCUT2D eigenvalue weighted by Crippen LogP contribution is -2.42. The Morgan fingerprint density at radius 1 is 1.05 bits per heavy atom. The molecule has 2 aliphatic rings. The number of nitrogens with zero attached hydrogens (tertiary/aromatic N) is 3. The van der Waals surface area contributed by atoms with Gasteiger partial charge in [0.1, 0.15) is 17.4 Å². The highest BCUT2D eigenvalue weighted by molar-refractivity contribution is 8.45. The van der Waals surface area contributed by atoms with Crippen molar-refractivity contribution in [2.75, 3.05) is 11.7 Å². The summed E-state index contributed by atoms with van der Waals surface area (Å²) >= 11 is 0. The molecule has 0 spiro atoms. The maximum atomic E-state index is 12.7. The maximum Gasteiger partial charge on any atom is 0.310 e. The number of hydrogen-bond acceptors (Lipinski definition) is 3. The fourth-order valence-electron chi connectivity index (χ4n) is 2.32. The first kappa shape index (κ1) is 14.6. The Kier molecular flexibility index (Phi) is 2.57. The largest absolute Gasteiger partial charge is 0.310 e. The van der Waals surface area contributed by atoms with Crippen LogP contribution in [0.4, 0.5) is 25.1 Å². The van der Waals surface area contributed by atoms with Gasteiger partial charge < -0.3 is 0 Å². The predicted molar refractivity (Wildman–Crippen MR) is 73.2 cm³/mol. The van der Waals surface area contributed by atoms with Gasteiger partial charge in [-0.15, -0.1) is 0 Å². The highest BCUT2D eigenvalue weighted by atomic mass is 32.5. The first-order valence-corrected chi connectivity index (χ1v) is 8.33. The highest BCUT2D eigenvalue weighted by Gasteiger charge is 2.65. The van der Waals surface area contributed by atoms with E-state index in [4.69, 9.17) is 0 Å². The molecule has 0 radical (unpaired) electrons. The van der Waals surface area contributed by atoms with Gasteiger partial charge in [-0.25, -0.2) is 0 Å². The Labute approximate surface area is 118 Å². The van der Waals surface area contributed by atoms with Gasteiger partial charge in [-0.3, -0.25) is 10.0 Å². The summed E-state index contributed by atoms with van der Waals surface area (Å²) in [6.45, 7) is 2.18. The molecule has 1 aliphatic heterocycles. The van der Waals surface area contributed by atoms with Gasteiger partial charge in [-0.05, 0) is 44.0 Å². The molecular formula is C12H14F5N3S. The number of anilines is 1. The van der Waals surface area contributed by atoms with Crippen LogP contribution in [0, 0.1) is 0 Å².